The van der Waals surface area contributed by atoms with Crippen molar-refractivity contribution in [1.29, 1.82) is 0 Å². The van der Waals surface area contributed by atoms with E-state index in [1.807, 2.05) is 66.2 Å². The van der Waals surface area contributed by atoms with E-state index in [-0.39, 0.29) is 24.3 Å². The summed E-state index contributed by atoms with van der Waals surface area (Å²) in [6.07, 6.45) is 0.707. The number of rotatable bonds is 8. The van der Waals surface area contributed by atoms with Gasteiger partial charge in [0.05, 0.1) is 22.4 Å². The van der Waals surface area contributed by atoms with Crippen LogP contribution in [0.3, 0.4) is 0 Å². The Labute approximate surface area is 203 Å². The first-order chi connectivity index (χ1) is 16.2. The van der Waals surface area contributed by atoms with Crippen LogP contribution in [0.5, 0.6) is 5.75 Å². The largest absolute Gasteiger partial charge is 0.484 e. The lowest BCUT2D eigenvalue weighted by Crippen LogP contribution is -2.28. The Morgan fingerprint density at radius 2 is 1.97 bits per heavy atom. The summed E-state index contributed by atoms with van der Waals surface area (Å²) in [7, 11) is 0. The first-order valence-corrected chi connectivity index (χ1v) is 13.0. The molecule has 4 aromatic rings. The average Bonchev–Trinajstić information content (AvgIpc) is 3.63. The SMILES string of the molecule is Cc1ccc(OCc2nnc(SCC(=O)N3N=C(c4cccs4)CC3c3cccs3)o2)cc1. The van der Waals surface area contributed by atoms with E-state index in [0.29, 0.717) is 17.5 Å². The number of thioether (sulfide) groups is 1. The summed E-state index contributed by atoms with van der Waals surface area (Å²) in [6.45, 7) is 2.19. The minimum absolute atomic E-state index is 0.0867. The summed E-state index contributed by atoms with van der Waals surface area (Å²) in [5, 5.41) is 18.7. The van der Waals surface area contributed by atoms with Gasteiger partial charge in [-0.1, -0.05) is 41.6 Å². The van der Waals surface area contributed by atoms with Gasteiger partial charge in [-0.25, -0.2) is 5.01 Å². The van der Waals surface area contributed by atoms with E-state index >= 15 is 0 Å². The van der Waals surface area contributed by atoms with E-state index in [2.05, 4.69) is 15.3 Å². The lowest BCUT2D eigenvalue weighted by atomic mass is 10.1. The summed E-state index contributed by atoms with van der Waals surface area (Å²) >= 11 is 4.48. The third-order valence-corrected chi connectivity index (χ3v) is 7.69. The standard InChI is InChI=1S/C23H20N4O3S3/c1-15-6-8-16(9-7-15)29-13-21-24-25-23(30-21)33-14-22(28)27-18(20-5-3-11-32-20)12-17(26-27)19-4-2-10-31-19/h2-11,18H,12-14H2,1H3. The fourth-order valence-corrected chi connectivity index (χ4v) is 5.52. The molecule has 0 aliphatic carbocycles. The van der Waals surface area contributed by atoms with E-state index in [1.54, 1.807) is 27.7 Å². The van der Waals surface area contributed by atoms with E-state index in [4.69, 9.17) is 9.15 Å². The third-order valence-electron chi connectivity index (χ3n) is 4.99. The van der Waals surface area contributed by atoms with Gasteiger partial charge in [-0.05, 0) is 41.9 Å². The lowest BCUT2D eigenvalue weighted by Gasteiger charge is -2.20. The van der Waals surface area contributed by atoms with E-state index in [9.17, 15) is 4.79 Å². The number of hydrogen-bond acceptors (Lipinski definition) is 9. The molecule has 0 radical (unpaired) electrons. The average molecular weight is 497 g/mol. The Kier molecular flexibility index (Phi) is 6.56. The number of amides is 1. The summed E-state index contributed by atoms with van der Waals surface area (Å²) in [6, 6.07) is 15.7. The molecular weight excluding hydrogens is 476 g/mol. The first kappa shape index (κ1) is 21.9. The second kappa shape index (κ2) is 9.90. The molecule has 7 nitrogen and oxygen atoms in total. The predicted octanol–water partition coefficient (Wildman–Crippen LogP) is 5.55. The van der Waals surface area contributed by atoms with Gasteiger partial charge in [0.1, 0.15) is 5.75 Å². The summed E-state index contributed by atoms with van der Waals surface area (Å²) < 4.78 is 11.3. The Hall–Kier alpha value is -2.95. The highest BCUT2D eigenvalue weighted by Gasteiger charge is 2.34. The highest BCUT2D eigenvalue weighted by Crippen LogP contribution is 2.36. The maximum absolute atomic E-state index is 13.1. The second-order valence-corrected chi connectivity index (χ2v) is 10.2. The summed E-state index contributed by atoms with van der Waals surface area (Å²) in [5.41, 5.74) is 2.10. The van der Waals surface area contributed by atoms with Crippen molar-refractivity contribution in [3.8, 4) is 5.75 Å². The molecule has 1 aromatic carbocycles. The van der Waals surface area contributed by atoms with E-state index < -0.39 is 0 Å². The maximum Gasteiger partial charge on any atom is 0.277 e. The number of aromatic nitrogens is 2. The molecule has 0 N–H and O–H groups in total. The molecule has 0 saturated carbocycles. The highest BCUT2D eigenvalue weighted by atomic mass is 32.2. The Morgan fingerprint density at radius 3 is 2.73 bits per heavy atom. The second-order valence-electron chi connectivity index (χ2n) is 7.35. The lowest BCUT2D eigenvalue weighted by molar-refractivity contribution is -0.130. The zero-order valence-corrected chi connectivity index (χ0v) is 20.2. The van der Waals surface area contributed by atoms with Crippen LogP contribution in [0.15, 0.2) is 74.0 Å². The van der Waals surface area contributed by atoms with E-state index in [1.165, 1.54) is 11.8 Å². The number of carbonyl (C=O) groups excluding carboxylic acids is 1. The molecule has 0 bridgehead atoms. The fourth-order valence-electron chi connectivity index (χ4n) is 3.36. The van der Waals surface area contributed by atoms with Crippen LogP contribution in [0.1, 0.15) is 33.7 Å². The molecule has 33 heavy (non-hydrogen) atoms. The highest BCUT2D eigenvalue weighted by molar-refractivity contribution is 7.99. The van der Waals surface area contributed by atoms with Crippen molar-refractivity contribution >= 4 is 46.1 Å². The molecule has 0 fully saturated rings. The number of nitrogens with zero attached hydrogens (tertiary/aromatic N) is 4. The van der Waals surface area contributed by atoms with Gasteiger partial charge in [-0.3, -0.25) is 4.79 Å². The molecule has 10 heteroatoms. The Balaban J connectivity index is 1.21. The minimum Gasteiger partial charge on any atom is -0.484 e. The molecule has 4 heterocycles. The zero-order chi connectivity index (χ0) is 22.6. The van der Waals surface area contributed by atoms with Crippen LogP contribution >= 0.6 is 34.4 Å². The molecule has 5 rings (SSSR count). The molecule has 1 aliphatic heterocycles. The van der Waals surface area contributed by atoms with Crippen LogP contribution < -0.4 is 4.74 Å². The molecule has 1 aliphatic rings. The van der Waals surface area contributed by atoms with Gasteiger partial charge in [0.15, 0.2) is 6.61 Å². The Morgan fingerprint density at radius 1 is 1.15 bits per heavy atom. The summed E-state index contributed by atoms with van der Waals surface area (Å²) in [4.78, 5) is 15.3. The molecule has 0 saturated heterocycles. The fraction of sp³-hybridized carbons (Fsp3) is 0.217. The summed E-state index contributed by atoms with van der Waals surface area (Å²) in [5.74, 6) is 1.15. The van der Waals surface area contributed by atoms with Crippen molar-refractivity contribution in [3.05, 3.63) is 80.5 Å². The number of hydrazone groups is 1. The smallest absolute Gasteiger partial charge is 0.277 e. The van der Waals surface area contributed by atoms with Crippen LogP contribution in [0.4, 0.5) is 0 Å². The monoisotopic (exact) mass is 496 g/mol. The van der Waals surface area contributed by atoms with Crippen molar-refractivity contribution in [1.82, 2.24) is 15.2 Å². The van der Waals surface area contributed by atoms with Crippen LogP contribution in [0.25, 0.3) is 0 Å². The maximum atomic E-state index is 13.1. The number of benzene rings is 1. The molecule has 3 aromatic heterocycles. The van der Waals surface area contributed by atoms with Gasteiger partial charge in [-0.2, -0.15) is 5.10 Å². The van der Waals surface area contributed by atoms with Crippen LogP contribution in [-0.2, 0) is 11.4 Å². The topological polar surface area (TPSA) is 80.8 Å². The van der Waals surface area contributed by atoms with Crippen molar-refractivity contribution in [2.45, 2.75) is 31.2 Å². The quantitative estimate of drug-likeness (QED) is 0.298. The number of thiophene rings is 2. The van der Waals surface area contributed by atoms with Gasteiger partial charge in [0.25, 0.3) is 17.0 Å². The van der Waals surface area contributed by atoms with Crippen molar-refractivity contribution in [2.75, 3.05) is 5.75 Å². The van der Waals surface area contributed by atoms with Crippen molar-refractivity contribution in [2.24, 2.45) is 5.10 Å². The van der Waals surface area contributed by atoms with Gasteiger partial charge in [0.2, 0.25) is 0 Å². The number of aryl methyl sites for hydroxylation is 1. The van der Waals surface area contributed by atoms with E-state index in [0.717, 1.165) is 26.8 Å². The van der Waals surface area contributed by atoms with Crippen LogP contribution in [0.2, 0.25) is 0 Å². The third kappa shape index (κ3) is 5.18. The molecule has 168 valence electrons. The molecule has 1 atom stereocenters. The van der Waals surface area contributed by atoms with Gasteiger partial charge in [-0.15, -0.1) is 32.9 Å². The number of ether oxygens (including phenoxy) is 1. The first-order valence-electron chi connectivity index (χ1n) is 10.3. The van der Waals surface area contributed by atoms with Gasteiger partial charge >= 0.3 is 0 Å². The number of carbonyl (C=O) groups is 1. The predicted molar refractivity (Wildman–Crippen MR) is 130 cm³/mol. The number of hydrogen-bond donors (Lipinski definition) is 0. The van der Waals surface area contributed by atoms with Gasteiger partial charge < -0.3 is 9.15 Å². The normalized spacial score (nSPS) is 15.6. The molecule has 0 spiro atoms. The van der Waals surface area contributed by atoms with Crippen LogP contribution in [0, 0.1) is 6.92 Å². The molecular formula is C23H20N4O3S3. The zero-order valence-electron chi connectivity index (χ0n) is 17.7. The Bertz CT molecular complexity index is 1230. The van der Waals surface area contributed by atoms with Crippen LogP contribution in [-0.4, -0.2) is 32.6 Å². The molecule has 1 amide bonds. The molecule has 1 unspecified atom stereocenters. The van der Waals surface area contributed by atoms with Crippen molar-refractivity contribution < 1.29 is 13.9 Å². The van der Waals surface area contributed by atoms with Gasteiger partial charge in [0, 0.05) is 11.3 Å². The minimum atomic E-state index is -0.0967. The van der Waals surface area contributed by atoms with Crippen molar-refractivity contribution in [3.63, 3.8) is 0 Å².